The van der Waals surface area contributed by atoms with Crippen LogP contribution in [0.25, 0.3) is 0 Å². The van der Waals surface area contributed by atoms with E-state index in [0.717, 1.165) is 10.6 Å². The molecule has 2 aliphatic heterocycles. The molecular formula is C20H15N5O5S. The highest BCUT2D eigenvalue weighted by atomic mass is 32.1. The van der Waals surface area contributed by atoms with Crippen LogP contribution in [0.1, 0.15) is 35.2 Å². The third-order valence-corrected chi connectivity index (χ3v) is 6.86. The number of nitro benzene ring substituents is 1. The van der Waals surface area contributed by atoms with Crippen molar-refractivity contribution in [1.82, 2.24) is 14.8 Å². The molecule has 2 atom stereocenters. The summed E-state index contributed by atoms with van der Waals surface area (Å²) in [6.07, 6.45) is 2.32. The highest BCUT2D eigenvalue weighted by molar-refractivity contribution is 7.10. The van der Waals surface area contributed by atoms with Gasteiger partial charge in [0.2, 0.25) is 12.7 Å². The second-order valence-corrected chi connectivity index (χ2v) is 8.49. The fourth-order valence-corrected chi connectivity index (χ4v) is 5.32. The SMILES string of the molecule is O=C1C[C@H](c2cccs2)CC2=C1[C@@H](c1cc3c(cc1[N+](=O)[O-])OCO3)n1ncnc1N2. The predicted octanol–water partition coefficient (Wildman–Crippen LogP) is 3.39. The van der Waals surface area contributed by atoms with Crippen LogP contribution in [0.15, 0.2) is 47.2 Å². The molecule has 0 unspecified atom stereocenters. The second-order valence-electron chi connectivity index (χ2n) is 7.51. The summed E-state index contributed by atoms with van der Waals surface area (Å²) in [4.78, 5) is 30.2. The molecule has 1 aliphatic carbocycles. The molecule has 1 aromatic carbocycles. The van der Waals surface area contributed by atoms with Crippen LogP contribution in [0.3, 0.4) is 0 Å². The molecule has 0 bridgehead atoms. The van der Waals surface area contributed by atoms with Crippen molar-refractivity contribution in [3.05, 3.63) is 67.8 Å². The zero-order chi connectivity index (χ0) is 21.1. The number of Topliss-reactive ketones (excluding diaryl/α,β-unsaturated/α-hetero) is 1. The summed E-state index contributed by atoms with van der Waals surface area (Å²) < 4.78 is 12.3. The van der Waals surface area contributed by atoms with Gasteiger partial charge in [-0.3, -0.25) is 14.9 Å². The van der Waals surface area contributed by atoms with Gasteiger partial charge in [-0.15, -0.1) is 11.3 Å². The average Bonchev–Trinajstić information content (AvgIpc) is 3.52. The van der Waals surface area contributed by atoms with Crippen LogP contribution in [-0.2, 0) is 4.79 Å². The van der Waals surface area contributed by atoms with Crippen LogP contribution in [-0.4, -0.2) is 32.3 Å². The standard InChI is InChI=1S/C20H15N5O5S/c26-14-5-10(17-2-1-3-31-17)4-12-18(14)19(24-20(23-12)21-8-22-24)11-6-15-16(30-9-29-15)7-13(11)25(27)28/h1-3,6-8,10,19H,4-5,9H2,(H,21,22,23)/t10-,19-/m1/s1. The first-order chi connectivity index (χ1) is 15.1. The molecule has 2 aromatic heterocycles. The number of hydrogen-bond acceptors (Lipinski definition) is 9. The number of hydrogen-bond donors (Lipinski definition) is 1. The largest absolute Gasteiger partial charge is 0.454 e. The number of allylic oxidation sites excluding steroid dienone is 2. The molecule has 3 aromatic rings. The first-order valence-corrected chi connectivity index (χ1v) is 10.5. The van der Waals surface area contributed by atoms with Crippen LogP contribution in [0.4, 0.5) is 11.6 Å². The summed E-state index contributed by atoms with van der Waals surface area (Å²) in [5.74, 6) is 1.15. The molecule has 156 valence electrons. The highest BCUT2D eigenvalue weighted by Crippen LogP contribution is 2.48. The van der Waals surface area contributed by atoms with Gasteiger partial charge < -0.3 is 14.8 Å². The van der Waals surface area contributed by atoms with Gasteiger partial charge in [-0.25, -0.2) is 4.68 Å². The molecule has 3 aliphatic rings. The van der Waals surface area contributed by atoms with Crippen molar-refractivity contribution in [3.63, 3.8) is 0 Å². The lowest BCUT2D eigenvalue weighted by molar-refractivity contribution is -0.385. The number of carbonyl (C=O) groups excluding carboxylic acids is 1. The minimum Gasteiger partial charge on any atom is -0.454 e. The number of ether oxygens (including phenoxy) is 2. The minimum absolute atomic E-state index is 0.00783. The van der Waals surface area contributed by atoms with Crippen LogP contribution >= 0.6 is 11.3 Å². The summed E-state index contributed by atoms with van der Waals surface area (Å²) in [7, 11) is 0. The molecule has 0 amide bonds. The Hall–Kier alpha value is -3.73. The number of benzene rings is 1. The molecule has 0 fully saturated rings. The van der Waals surface area contributed by atoms with E-state index in [2.05, 4.69) is 15.4 Å². The van der Waals surface area contributed by atoms with E-state index in [9.17, 15) is 14.9 Å². The maximum atomic E-state index is 13.4. The van der Waals surface area contributed by atoms with E-state index in [1.54, 1.807) is 17.4 Å². The molecule has 0 saturated heterocycles. The predicted molar refractivity (Wildman–Crippen MR) is 109 cm³/mol. The van der Waals surface area contributed by atoms with Gasteiger partial charge in [-0.05, 0) is 23.9 Å². The molecule has 1 N–H and O–H groups in total. The van der Waals surface area contributed by atoms with E-state index in [4.69, 9.17) is 9.47 Å². The number of ketones is 1. The Morgan fingerprint density at radius 3 is 2.87 bits per heavy atom. The quantitative estimate of drug-likeness (QED) is 0.489. The van der Waals surface area contributed by atoms with Crippen molar-refractivity contribution in [1.29, 1.82) is 0 Å². The van der Waals surface area contributed by atoms with Gasteiger partial charge >= 0.3 is 0 Å². The van der Waals surface area contributed by atoms with E-state index in [-0.39, 0.29) is 24.2 Å². The summed E-state index contributed by atoms with van der Waals surface area (Å²) in [6, 6.07) is 6.14. The number of aromatic nitrogens is 3. The van der Waals surface area contributed by atoms with Crippen molar-refractivity contribution in [2.24, 2.45) is 0 Å². The van der Waals surface area contributed by atoms with Crippen LogP contribution in [0.5, 0.6) is 11.5 Å². The van der Waals surface area contributed by atoms with Crippen LogP contribution in [0.2, 0.25) is 0 Å². The average molecular weight is 437 g/mol. The maximum Gasteiger partial charge on any atom is 0.279 e. The number of thiophene rings is 1. The summed E-state index contributed by atoms with van der Waals surface area (Å²) >= 11 is 1.62. The van der Waals surface area contributed by atoms with Gasteiger partial charge in [0.15, 0.2) is 17.3 Å². The Morgan fingerprint density at radius 2 is 2.10 bits per heavy atom. The van der Waals surface area contributed by atoms with E-state index in [1.807, 2.05) is 17.5 Å². The Kier molecular flexibility index (Phi) is 3.87. The van der Waals surface area contributed by atoms with Gasteiger partial charge in [0.1, 0.15) is 12.4 Å². The van der Waals surface area contributed by atoms with Crippen molar-refractivity contribution < 1.29 is 19.2 Å². The first kappa shape index (κ1) is 18.1. The van der Waals surface area contributed by atoms with E-state index >= 15 is 0 Å². The molecule has 10 nitrogen and oxygen atoms in total. The topological polar surface area (TPSA) is 121 Å². The number of rotatable bonds is 3. The van der Waals surface area contributed by atoms with E-state index in [0.29, 0.717) is 41.4 Å². The first-order valence-electron chi connectivity index (χ1n) is 9.64. The van der Waals surface area contributed by atoms with Gasteiger partial charge in [-0.2, -0.15) is 10.1 Å². The molecule has 0 spiro atoms. The number of nitrogens with one attached hydrogen (secondary N) is 1. The molecular weight excluding hydrogens is 422 g/mol. The fourth-order valence-electron chi connectivity index (χ4n) is 4.49. The third kappa shape index (κ3) is 2.73. The molecule has 0 saturated carbocycles. The van der Waals surface area contributed by atoms with Gasteiger partial charge in [0.25, 0.3) is 5.69 Å². The summed E-state index contributed by atoms with van der Waals surface area (Å²) in [5, 5.41) is 21.4. The van der Waals surface area contributed by atoms with Crippen molar-refractivity contribution in [2.75, 3.05) is 12.1 Å². The maximum absolute atomic E-state index is 13.4. The van der Waals surface area contributed by atoms with Crippen LogP contribution in [0, 0.1) is 10.1 Å². The van der Waals surface area contributed by atoms with Crippen LogP contribution < -0.4 is 14.8 Å². The lowest BCUT2D eigenvalue weighted by Crippen LogP contribution is -2.33. The lowest BCUT2D eigenvalue weighted by Gasteiger charge is -2.34. The molecule has 31 heavy (non-hydrogen) atoms. The number of anilines is 1. The van der Waals surface area contributed by atoms with E-state index in [1.165, 1.54) is 17.1 Å². The normalized spacial score (nSPS) is 21.5. The molecule has 4 heterocycles. The number of carbonyl (C=O) groups is 1. The van der Waals surface area contributed by atoms with Gasteiger partial charge in [0.05, 0.1) is 16.6 Å². The molecule has 11 heteroatoms. The smallest absolute Gasteiger partial charge is 0.279 e. The number of fused-ring (bicyclic) bond motifs is 2. The zero-order valence-electron chi connectivity index (χ0n) is 16.0. The second kappa shape index (κ2) is 6.64. The molecule has 0 radical (unpaired) electrons. The molecule has 6 rings (SSSR count). The Labute approximate surface area is 179 Å². The fraction of sp³-hybridized carbons (Fsp3) is 0.250. The van der Waals surface area contributed by atoms with Gasteiger partial charge in [-0.1, -0.05) is 6.07 Å². The zero-order valence-corrected chi connectivity index (χ0v) is 16.8. The van der Waals surface area contributed by atoms with Crippen molar-refractivity contribution in [2.45, 2.75) is 24.8 Å². The third-order valence-electron chi connectivity index (χ3n) is 5.82. The Morgan fingerprint density at radius 1 is 1.26 bits per heavy atom. The number of nitro groups is 1. The Bertz CT molecular complexity index is 1260. The summed E-state index contributed by atoms with van der Waals surface area (Å²) in [5.41, 5.74) is 1.37. The van der Waals surface area contributed by atoms with Crippen molar-refractivity contribution in [3.8, 4) is 11.5 Å². The monoisotopic (exact) mass is 437 g/mol. The van der Waals surface area contributed by atoms with E-state index < -0.39 is 11.0 Å². The highest BCUT2D eigenvalue weighted by Gasteiger charge is 2.42. The summed E-state index contributed by atoms with van der Waals surface area (Å²) in [6.45, 7) is -0.00783. The lowest BCUT2D eigenvalue weighted by atomic mass is 9.79. The number of nitrogens with zero attached hydrogens (tertiary/aromatic N) is 4. The minimum atomic E-state index is -0.777. The Balaban J connectivity index is 1.53. The van der Waals surface area contributed by atoms with Gasteiger partial charge in [0, 0.05) is 28.5 Å². The van der Waals surface area contributed by atoms with Crippen molar-refractivity contribution >= 4 is 28.8 Å².